The van der Waals surface area contributed by atoms with Gasteiger partial charge in [0.05, 0.1) is 18.3 Å². The maximum absolute atomic E-state index is 12.8. The number of nitrogens with one attached hydrogen (secondary N) is 2. The highest BCUT2D eigenvalue weighted by Crippen LogP contribution is 2.12. The number of halogens is 1. The molecule has 1 atom stereocenters. The third-order valence-electron chi connectivity index (χ3n) is 3.08. The average molecular weight is 301 g/mol. The first-order chi connectivity index (χ1) is 10.6. The van der Waals surface area contributed by atoms with E-state index in [0.717, 1.165) is 0 Å². The van der Waals surface area contributed by atoms with Gasteiger partial charge in [0, 0.05) is 6.20 Å². The number of pyridine rings is 1. The van der Waals surface area contributed by atoms with E-state index in [0.29, 0.717) is 11.3 Å². The molecule has 22 heavy (non-hydrogen) atoms. The van der Waals surface area contributed by atoms with Gasteiger partial charge >= 0.3 is 11.8 Å². The predicted octanol–water partition coefficient (Wildman–Crippen LogP) is 1.71. The fraction of sp³-hybridized carbons (Fsp3) is 0.188. The summed E-state index contributed by atoms with van der Waals surface area (Å²) in [5, 5.41) is 5.05. The van der Waals surface area contributed by atoms with Crippen molar-refractivity contribution >= 4 is 11.8 Å². The van der Waals surface area contributed by atoms with Crippen LogP contribution in [0.3, 0.4) is 0 Å². The number of amides is 2. The van der Waals surface area contributed by atoms with Gasteiger partial charge in [-0.05, 0) is 36.8 Å². The van der Waals surface area contributed by atoms with Crippen LogP contribution >= 0.6 is 0 Å². The molecule has 0 fully saturated rings. The van der Waals surface area contributed by atoms with Crippen molar-refractivity contribution in [1.29, 1.82) is 0 Å². The zero-order valence-electron chi connectivity index (χ0n) is 12.0. The number of hydrogen-bond acceptors (Lipinski definition) is 3. The van der Waals surface area contributed by atoms with Crippen LogP contribution in [0.1, 0.15) is 24.2 Å². The minimum atomic E-state index is -0.743. The van der Waals surface area contributed by atoms with Crippen molar-refractivity contribution in [2.45, 2.75) is 19.5 Å². The highest BCUT2D eigenvalue weighted by Gasteiger charge is 2.16. The Morgan fingerprint density at radius 1 is 1.14 bits per heavy atom. The van der Waals surface area contributed by atoms with Crippen molar-refractivity contribution < 1.29 is 14.0 Å². The Bertz CT molecular complexity index is 644. The second kappa shape index (κ2) is 7.31. The molecule has 2 amide bonds. The van der Waals surface area contributed by atoms with Crippen molar-refractivity contribution in [3.05, 3.63) is 65.7 Å². The highest BCUT2D eigenvalue weighted by atomic mass is 19.1. The number of carbonyl (C=O) groups is 2. The topological polar surface area (TPSA) is 71.1 Å². The second-order valence-electron chi connectivity index (χ2n) is 4.75. The van der Waals surface area contributed by atoms with E-state index >= 15 is 0 Å². The van der Waals surface area contributed by atoms with Crippen molar-refractivity contribution in [3.63, 3.8) is 0 Å². The quantitative estimate of drug-likeness (QED) is 0.845. The van der Waals surface area contributed by atoms with Gasteiger partial charge in [0.1, 0.15) is 5.82 Å². The first-order valence-electron chi connectivity index (χ1n) is 6.80. The molecule has 5 nitrogen and oxygen atoms in total. The average Bonchev–Trinajstić information content (AvgIpc) is 2.54. The number of benzene rings is 1. The summed E-state index contributed by atoms with van der Waals surface area (Å²) in [6.07, 6.45) is 1.61. The van der Waals surface area contributed by atoms with Crippen molar-refractivity contribution in [1.82, 2.24) is 15.6 Å². The number of aromatic nitrogens is 1. The molecule has 0 saturated heterocycles. The number of rotatable bonds is 4. The fourth-order valence-corrected chi connectivity index (χ4v) is 1.85. The molecule has 0 bridgehead atoms. The van der Waals surface area contributed by atoms with Gasteiger partial charge in [0.15, 0.2) is 0 Å². The van der Waals surface area contributed by atoms with E-state index in [1.54, 1.807) is 43.5 Å². The lowest BCUT2D eigenvalue weighted by Crippen LogP contribution is -2.40. The van der Waals surface area contributed by atoms with E-state index in [4.69, 9.17) is 0 Å². The molecule has 2 N–H and O–H groups in total. The minimum absolute atomic E-state index is 0.179. The lowest BCUT2D eigenvalue weighted by Gasteiger charge is -2.14. The molecule has 1 aromatic heterocycles. The number of carbonyl (C=O) groups excluding carboxylic acids is 2. The summed E-state index contributed by atoms with van der Waals surface area (Å²) < 4.78 is 12.8. The molecule has 0 aliphatic rings. The maximum atomic E-state index is 12.8. The van der Waals surface area contributed by atoms with E-state index < -0.39 is 17.9 Å². The van der Waals surface area contributed by atoms with E-state index in [1.165, 1.54) is 12.1 Å². The van der Waals surface area contributed by atoms with E-state index in [9.17, 15) is 14.0 Å². The molecule has 2 aromatic rings. The van der Waals surface area contributed by atoms with Crippen molar-refractivity contribution in [2.75, 3.05) is 0 Å². The van der Waals surface area contributed by atoms with Crippen LogP contribution < -0.4 is 10.6 Å². The Labute approximate surface area is 127 Å². The maximum Gasteiger partial charge on any atom is 0.309 e. The standard InChI is InChI=1S/C16H16FN3O2/c1-11(12-5-7-13(17)8-6-12)20-16(22)15(21)19-10-14-4-2-3-9-18-14/h2-9,11H,10H2,1H3,(H,19,21)(H,20,22)/t11-/m0/s1. The van der Waals surface area contributed by atoms with Crippen LogP contribution in [0, 0.1) is 5.82 Å². The van der Waals surface area contributed by atoms with Gasteiger partial charge in [-0.1, -0.05) is 18.2 Å². The molecule has 114 valence electrons. The third-order valence-corrected chi connectivity index (χ3v) is 3.08. The van der Waals surface area contributed by atoms with Crippen LogP contribution in [0.4, 0.5) is 4.39 Å². The molecule has 6 heteroatoms. The summed E-state index contributed by atoms with van der Waals surface area (Å²) in [6, 6.07) is 10.7. The largest absolute Gasteiger partial charge is 0.342 e. The number of nitrogens with zero attached hydrogens (tertiary/aromatic N) is 1. The third kappa shape index (κ3) is 4.37. The van der Waals surface area contributed by atoms with Gasteiger partial charge in [0.25, 0.3) is 0 Å². The SMILES string of the molecule is C[C@H](NC(=O)C(=O)NCc1ccccn1)c1ccc(F)cc1. The fourth-order valence-electron chi connectivity index (χ4n) is 1.85. The molecule has 0 aliphatic heterocycles. The first-order valence-corrected chi connectivity index (χ1v) is 6.80. The smallest absolute Gasteiger partial charge is 0.309 e. The second-order valence-corrected chi connectivity index (χ2v) is 4.75. The van der Waals surface area contributed by atoms with Crippen LogP contribution in [-0.4, -0.2) is 16.8 Å². The Kier molecular flexibility index (Phi) is 5.19. The lowest BCUT2D eigenvalue weighted by atomic mass is 10.1. The summed E-state index contributed by atoms with van der Waals surface area (Å²) in [7, 11) is 0. The van der Waals surface area contributed by atoms with Gasteiger partial charge in [-0.2, -0.15) is 0 Å². The molecule has 2 rings (SSSR count). The lowest BCUT2D eigenvalue weighted by molar-refractivity contribution is -0.139. The molecule has 0 saturated carbocycles. The zero-order chi connectivity index (χ0) is 15.9. The Morgan fingerprint density at radius 2 is 1.86 bits per heavy atom. The summed E-state index contributed by atoms with van der Waals surface area (Å²) in [6.45, 7) is 1.90. The summed E-state index contributed by atoms with van der Waals surface area (Å²) in [5.74, 6) is -1.83. The summed E-state index contributed by atoms with van der Waals surface area (Å²) >= 11 is 0. The summed E-state index contributed by atoms with van der Waals surface area (Å²) in [5.41, 5.74) is 1.38. The Morgan fingerprint density at radius 3 is 2.50 bits per heavy atom. The molecule has 0 unspecified atom stereocenters. The van der Waals surface area contributed by atoms with Gasteiger partial charge in [-0.15, -0.1) is 0 Å². The molecule has 1 aromatic carbocycles. The van der Waals surface area contributed by atoms with E-state index in [2.05, 4.69) is 15.6 Å². The molecule has 0 spiro atoms. The van der Waals surface area contributed by atoms with Gasteiger partial charge in [-0.25, -0.2) is 4.39 Å². The van der Waals surface area contributed by atoms with Crippen LogP contribution in [0.2, 0.25) is 0 Å². The van der Waals surface area contributed by atoms with E-state index in [1.807, 2.05) is 0 Å². The van der Waals surface area contributed by atoms with Crippen LogP contribution in [-0.2, 0) is 16.1 Å². The van der Waals surface area contributed by atoms with Crippen LogP contribution in [0.15, 0.2) is 48.7 Å². The van der Waals surface area contributed by atoms with E-state index in [-0.39, 0.29) is 12.4 Å². The Balaban J connectivity index is 1.85. The normalized spacial score (nSPS) is 11.5. The van der Waals surface area contributed by atoms with Gasteiger partial charge < -0.3 is 10.6 Å². The zero-order valence-corrected chi connectivity index (χ0v) is 12.0. The Hall–Kier alpha value is -2.76. The minimum Gasteiger partial charge on any atom is -0.342 e. The molecule has 0 aliphatic carbocycles. The molecule has 1 heterocycles. The van der Waals surface area contributed by atoms with Gasteiger partial charge in [0.2, 0.25) is 0 Å². The summed E-state index contributed by atoms with van der Waals surface area (Å²) in [4.78, 5) is 27.6. The predicted molar refractivity (Wildman–Crippen MR) is 79.0 cm³/mol. The molecular formula is C16H16FN3O2. The number of hydrogen-bond donors (Lipinski definition) is 2. The molecule has 0 radical (unpaired) electrons. The van der Waals surface area contributed by atoms with Crippen molar-refractivity contribution in [3.8, 4) is 0 Å². The monoisotopic (exact) mass is 301 g/mol. The highest BCUT2D eigenvalue weighted by molar-refractivity contribution is 6.35. The van der Waals surface area contributed by atoms with Crippen LogP contribution in [0.25, 0.3) is 0 Å². The van der Waals surface area contributed by atoms with Crippen LogP contribution in [0.5, 0.6) is 0 Å². The van der Waals surface area contributed by atoms with Gasteiger partial charge in [-0.3, -0.25) is 14.6 Å². The molecular weight excluding hydrogens is 285 g/mol. The first kappa shape index (κ1) is 15.6. The van der Waals surface area contributed by atoms with Crippen molar-refractivity contribution in [2.24, 2.45) is 0 Å².